The van der Waals surface area contributed by atoms with Crippen molar-refractivity contribution in [3.63, 3.8) is 0 Å². The Labute approximate surface area is 253 Å². The molecule has 234 valence electrons. The minimum absolute atomic E-state index is 0.0461. The minimum Gasteiger partial charge on any atom is -0.461 e. The van der Waals surface area contributed by atoms with Crippen molar-refractivity contribution >= 4 is 5.97 Å². The molecule has 0 aromatic rings. The van der Waals surface area contributed by atoms with Crippen molar-refractivity contribution in [1.82, 2.24) is 0 Å². The molecule has 4 rings (SSSR count). The van der Waals surface area contributed by atoms with Crippen LogP contribution in [0.15, 0.2) is 24.3 Å². The Morgan fingerprint density at radius 2 is 1.76 bits per heavy atom. The zero-order chi connectivity index (χ0) is 29.6. The third-order valence-electron chi connectivity index (χ3n) is 12.7. The fourth-order valence-corrected chi connectivity index (χ4v) is 10.4. The number of carbonyl (C=O) groups excluding carboxylic acids is 1. The zero-order valence-electron chi connectivity index (χ0n) is 27.5. The Bertz CT molecular complexity index is 890. The van der Waals surface area contributed by atoms with Crippen molar-refractivity contribution in [2.45, 2.75) is 162 Å². The first-order valence-corrected chi connectivity index (χ1v) is 17.8. The lowest BCUT2D eigenvalue weighted by Gasteiger charge is -2.60. The highest BCUT2D eigenvalue weighted by atomic mass is 16.5. The fraction of sp³-hybridized carbons (Fsp3) is 0.868. The molecule has 3 fully saturated rings. The standard InChI is InChI=1S/C38H64O3/c1-7-8-9-10-11-12-13-14-18-36(40)41-35-26-30(39)25-29-19-20-31-33-22-21-32(28(4)17-15-16-27(2)3)37(33,5)24-23-34(31)38(29,35)6/h7,19,27-28,30-35,39H,1,8-18,20-26H2,2-6H3/t28-,30-,31+,32-,33+,34+,35?,37-,38+/m1/s1. The molecular weight excluding hydrogens is 504 g/mol. The van der Waals surface area contributed by atoms with Gasteiger partial charge in [-0.2, -0.15) is 0 Å². The minimum atomic E-state index is -0.393. The molecule has 0 bridgehead atoms. The van der Waals surface area contributed by atoms with Crippen LogP contribution in [0.3, 0.4) is 0 Å². The van der Waals surface area contributed by atoms with Crippen molar-refractivity contribution in [2.24, 2.45) is 46.3 Å². The van der Waals surface area contributed by atoms with E-state index in [2.05, 4.69) is 47.3 Å². The number of rotatable bonds is 15. The highest BCUT2D eigenvalue weighted by Gasteiger charge is 2.61. The molecule has 0 aromatic heterocycles. The quantitative estimate of drug-likeness (QED) is 0.121. The van der Waals surface area contributed by atoms with E-state index in [1.807, 2.05) is 6.08 Å². The van der Waals surface area contributed by atoms with Gasteiger partial charge in [0.15, 0.2) is 0 Å². The summed E-state index contributed by atoms with van der Waals surface area (Å²) in [5.41, 5.74) is 1.72. The number of carbonyl (C=O) groups is 1. The van der Waals surface area contributed by atoms with Crippen molar-refractivity contribution in [2.75, 3.05) is 0 Å². The summed E-state index contributed by atoms with van der Waals surface area (Å²) in [7, 11) is 0. The van der Waals surface area contributed by atoms with E-state index in [9.17, 15) is 9.90 Å². The molecule has 0 aliphatic heterocycles. The van der Waals surface area contributed by atoms with Gasteiger partial charge in [-0.25, -0.2) is 0 Å². The number of unbranched alkanes of at least 4 members (excludes halogenated alkanes) is 6. The van der Waals surface area contributed by atoms with E-state index >= 15 is 0 Å². The van der Waals surface area contributed by atoms with Crippen LogP contribution in [0.4, 0.5) is 0 Å². The summed E-state index contributed by atoms with van der Waals surface area (Å²) >= 11 is 0. The van der Waals surface area contributed by atoms with Gasteiger partial charge in [0.25, 0.3) is 0 Å². The number of ether oxygens (including phenoxy) is 1. The van der Waals surface area contributed by atoms with Gasteiger partial charge < -0.3 is 9.84 Å². The number of aliphatic hydroxyl groups is 1. The van der Waals surface area contributed by atoms with Crippen molar-refractivity contribution in [1.29, 1.82) is 0 Å². The van der Waals surface area contributed by atoms with Gasteiger partial charge in [0.05, 0.1) is 6.10 Å². The van der Waals surface area contributed by atoms with Crippen LogP contribution in [0.25, 0.3) is 0 Å². The lowest BCUT2D eigenvalue weighted by Crippen LogP contribution is -2.56. The van der Waals surface area contributed by atoms with Crippen LogP contribution in [0.1, 0.15) is 150 Å². The molecule has 3 nitrogen and oxygen atoms in total. The van der Waals surface area contributed by atoms with Crippen molar-refractivity contribution in [3.8, 4) is 0 Å². The van der Waals surface area contributed by atoms with Gasteiger partial charge in [-0.05, 0) is 98.7 Å². The lowest BCUT2D eigenvalue weighted by molar-refractivity contribution is -0.169. The Morgan fingerprint density at radius 1 is 1.02 bits per heavy atom. The van der Waals surface area contributed by atoms with Gasteiger partial charge in [-0.3, -0.25) is 4.79 Å². The summed E-state index contributed by atoms with van der Waals surface area (Å²) < 4.78 is 6.35. The summed E-state index contributed by atoms with van der Waals surface area (Å²) in [6.07, 6.45) is 24.4. The number of allylic oxidation sites excluding steroid dienone is 2. The molecule has 4 aliphatic carbocycles. The topological polar surface area (TPSA) is 46.5 Å². The first-order valence-electron chi connectivity index (χ1n) is 17.8. The van der Waals surface area contributed by atoms with E-state index in [4.69, 9.17) is 4.74 Å². The molecule has 9 atom stereocenters. The van der Waals surface area contributed by atoms with Gasteiger partial charge >= 0.3 is 5.97 Å². The van der Waals surface area contributed by atoms with E-state index in [-0.39, 0.29) is 17.5 Å². The second-order valence-corrected chi connectivity index (χ2v) is 15.7. The molecule has 1 unspecified atom stereocenters. The second-order valence-electron chi connectivity index (χ2n) is 15.7. The molecular formula is C38H64O3. The molecule has 0 spiro atoms. The van der Waals surface area contributed by atoms with E-state index in [1.54, 1.807) is 0 Å². The average molecular weight is 569 g/mol. The van der Waals surface area contributed by atoms with Gasteiger partial charge in [0.2, 0.25) is 0 Å². The van der Waals surface area contributed by atoms with Gasteiger partial charge in [-0.15, -0.1) is 6.58 Å². The summed E-state index contributed by atoms with van der Waals surface area (Å²) in [6.45, 7) is 16.1. The molecule has 0 radical (unpaired) electrons. The van der Waals surface area contributed by atoms with Crippen molar-refractivity contribution < 1.29 is 14.6 Å². The largest absolute Gasteiger partial charge is 0.461 e. The number of hydrogen-bond donors (Lipinski definition) is 1. The third-order valence-corrected chi connectivity index (χ3v) is 12.7. The number of hydrogen-bond acceptors (Lipinski definition) is 3. The van der Waals surface area contributed by atoms with Crippen LogP contribution in [0, 0.1) is 46.3 Å². The van der Waals surface area contributed by atoms with Gasteiger partial charge in [0.1, 0.15) is 6.10 Å². The molecule has 1 N–H and O–H groups in total. The zero-order valence-corrected chi connectivity index (χ0v) is 27.5. The lowest BCUT2D eigenvalue weighted by atomic mass is 9.46. The molecule has 3 saturated carbocycles. The summed E-state index contributed by atoms with van der Waals surface area (Å²) in [5.74, 6) is 4.46. The molecule has 0 heterocycles. The monoisotopic (exact) mass is 568 g/mol. The summed E-state index contributed by atoms with van der Waals surface area (Å²) in [6, 6.07) is 0. The van der Waals surface area contributed by atoms with E-state index in [0.717, 1.165) is 55.8 Å². The van der Waals surface area contributed by atoms with E-state index in [0.29, 0.717) is 30.1 Å². The third kappa shape index (κ3) is 7.35. The second kappa shape index (κ2) is 14.6. The maximum absolute atomic E-state index is 13.1. The molecule has 0 saturated heterocycles. The Morgan fingerprint density at radius 3 is 2.49 bits per heavy atom. The Kier molecular flexibility index (Phi) is 11.7. The predicted molar refractivity (Wildman–Crippen MR) is 171 cm³/mol. The van der Waals surface area contributed by atoms with Crippen LogP contribution < -0.4 is 0 Å². The van der Waals surface area contributed by atoms with E-state index in [1.165, 1.54) is 76.2 Å². The highest BCUT2D eigenvalue weighted by Crippen LogP contribution is 2.67. The van der Waals surface area contributed by atoms with Gasteiger partial charge in [0, 0.05) is 18.3 Å². The normalized spacial score (nSPS) is 37.1. The summed E-state index contributed by atoms with van der Waals surface area (Å²) in [5, 5.41) is 10.8. The molecule has 4 aliphatic rings. The SMILES string of the molecule is C=CCCCCCCCCC(=O)OC1C[C@H](O)CC2=CC[C@H]3[C@@H]4CC[C@H]([C@H](C)CCCC(C)C)[C@@]4(C)CC[C@@H]3[C@]21C. The highest BCUT2D eigenvalue weighted by molar-refractivity contribution is 5.69. The van der Waals surface area contributed by atoms with Crippen LogP contribution in [0.5, 0.6) is 0 Å². The molecule has 41 heavy (non-hydrogen) atoms. The maximum atomic E-state index is 13.1. The predicted octanol–water partition coefficient (Wildman–Crippen LogP) is 10.2. The fourth-order valence-electron chi connectivity index (χ4n) is 10.4. The average Bonchev–Trinajstić information content (AvgIpc) is 3.28. The van der Waals surface area contributed by atoms with Gasteiger partial charge in [-0.1, -0.05) is 97.3 Å². The van der Waals surface area contributed by atoms with Crippen molar-refractivity contribution in [3.05, 3.63) is 24.3 Å². The maximum Gasteiger partial charge on any atom is 0.306 e. The molecule has 3 heteroatoms. The molecule has 0 aromatic carbocycles. The molecule has 0 amide bonds. The van der Waals surface area contributed by atoms with E-state index < -0.39 is 6.10 Å². The van der Waals surface area contributed by atoms with Crippen LogP contribution >= 0.6 is 0 Å². The number of esters is 1. The number of fused-ring (bicyclic) bond motifs is 5. The van der Waals surface area contributed by atoms with Crippen LogP contribution in [0.2, 0.25) is 0 Å². The Hall–Kier alpha value is -1.09. The van der Waals surface area contributed by atoms with Crippen LogP contribution in [-0.2, 0) is 9.53 Å². The summed E-state index contributed by atoms with van der Waals surface area (Å²) in [4.78, 5) is 13.1. The Balaban J connectivity index is 1.38. The first kappa shape index (κ1) is 32.8. The smallest absolute Gasteiger partial charge is 0.306 e. The first-order chi connectivity index (χ1) is 19.6. The number of aliphatic hydroxyl groups excluding tert-OH is 1. The van der Waals surface area contributed by atoms with Crippen LogP contribution in [-0.4, -0.2) is 23.3 Å².